The molecule has 21 heavy (non-hydrogen) atoms. The van der Waals surface area contributed by atoms with Gasteiger partial charge in [0.05, 0.1) is 7.11 Å². The van der Waals surface area contributed by atoms with Crippen molar-refractivity contribution in [2.24, 2.45) is 0 Å². The summed E-state index contributed by atoms with van der Waals surface area (Å²) in [4.78, 5) is 22.7. The van der Waals surface area contributed by atoms with Gasteiger partial charge in [-0.05, 0) is 24.6 Å². The van der Waals surface area contributed by atoms with Gasteiger partial charge in [-0.3, -0.25) is 4.79 Å². The van der Waals surface area contributed by atoms with Crippen LogP contribution in [0.2, 0.25) is 10.0 Å². The molecule has 1 rings (SSSR count). The molecule has 0 saturated heterocycles. The minimum absolute atomic E-state index is 0.115. The first-order valence-corrected chi connectivity index (χ1v) is 7.14. The van der Waals surface area contributed by atoms with Crippen molar-refractivity contribution in [3.05, 3.63) is 33.8 Å². The van der Waals surface area contributed by atoms with Gasteiger partial charge in [-0.2, -0.15) is 0 Å². The molecule has 116 valence electrons. The third-order valence-corrected chi connectivity index (χ3v) is 3.48. The molecular formula is C14H18Cl2N2O3. The first-order chi connectivity index (χ1) is 9.85. The van der Waals surface area contributed by atoms with Crippen molar-refractivity contribution >= 4 is 35.1 Å². The van der Waals surface area contributed by atoms with Crippen molar-refractivity contribution in [2.75, 3.05) is 13.7 Å². The number of ether oxygens (including phenoxy) is 1. The minimum atomic E-state index is -0.749. The van der Waals surface area contributed by atoms with E-state index in [1.165, 1.54) is 14.0 Å². The summed E-state index contributed by atoms with van der Waals surface area (Å²) in [5, 5.41) is 6.76. The molecule has 0 aliphatic heterocycles. The van der Waals surface area contributed by atoms with Gasteiger partial charge in [0.25, 0.3) is 0 Å². The van der Waals surface area contributed by atoms with Gasteiger partial charge in [-0.25, -0.2) is 4.79 Å². The van der Waals surface area contributed by atoms with E-state index < -0.39 is 12.0 Å². The van der Waals surface area contributed by atoms with E-state index in [-0.39, 0.29) is 18.5 Å². The van der Waals surface area contributed by atoms with Crippen LogP contribution in [0.1, 0.15) is 25.5 Å². The molecule has 0 aliphatic carbocycles. The highest BCUT2D eigenvalue weighted by Crippen LogP contribution is 2.25. The predicted octanol–water partition coefficient (Wildman–Crippen LogP) is 2.32. The van der Waals surface area contributed by atoms with E-state index in [4.69, 9.17) is 23.2 Å². The lowest BCUT2D eigenvalue weighted by Gasteiger charge is -2.20. The molecule has 0 aliphatic rings. The fourth-order valence-corrected chi connectivity index (χ4v) is 2.41. The fraction of sp³-hybridized carbons (Fsp3) is 0.429. The van der Waals surface area contributed by atoms with E-state index in [0.717, 1.165) is 5.56 Å². The van der Waals surface area contributed by atoms with E-state index in [1.807, 2.05) is 13.0 Å². The van der Waals surface area contributed by atoms with E-state index >= 15 is 0 Å². The van der Waals surface area contributed by atoms with Crippen molar-refractivity contribution in [1.82, 2.24) is 10.6 Å². The number of halogens is 2. The third kappa shape index (κ3) is 5.53. The Hall–Kier alpha value is -1.30. The number of amides is 1. The summed E-state index contributed by atoms with van der Waals surface area (Å²) in [7, 11) is 1.27. The zero-order chi connectivity index (χ0) is 16.0. The number of hydrogen-bond donors (Lipinski definition) is 2. The van der Waals surface area contributed by atoms with E-state index in [9.17, 15) is 9.59 Å². The van der Waals surface area contributed by atoms with Gasteiger partial charge in [0.15, 0.2) is 0 Å². The first-order valence-electron chi connectivity index (χ1n) is 6.38. The molecule has 0 fully saturated rings. The number of esters is 1. The molecule has 5 nitrogen and oxygen atoms in total. The van der Waals surface area contributed by atoms with Gasteiger partial charge in [0, 0.05) is 29.6 Å². The Morgan fingerprint density at radius 3 is 2.52 bits per heavy atom. The highest BCUT2D eigenvalue weighted by Gasteiger charge is 2.21. The SMILES string of the molecule is COC(=O)C(CNC(C)c1ccc(Cl)cc1Cl)NC(C)=O. The molecule has 1 amide bonds. The second-order valence-corrected chi connectivity index (χ2v) is 5.42. The molecule has 2 atom stereocenters. The monoisotopic (exact) mass is 332 g/mol. The van der Waals surface area contributed by atoms with E-state index in [2.05, 4.69) is 15.4 Å². The van der Waals surface area contributed by atoms with Crippen LogP contribution in [0.5, 0.6) is 0 Å². The molecule has 0 saturated carbocycles. The Kier molecular flexibility index (Phi) is 6.95. The number of benzene rings is 1. The second-order valence-electron chi connectivity index (χ2n) is 4.57. The summed E-state index contributed by atoms with van der Waals surface area (Å²) in [6, 6.07) is 4.35. The maximum atomic E-state index is 11.6. The van der Waals surface area contributed by atoms with Gasteiger partial charge >= 0.3 is 5.97 Å². The average molecular weight is 333 g/mol. The molecule has 1 aromatic carbocycles. The maximum absolute atomic E-state index is 11.6. The van der Waals surface area contributed by atoms with Crippen LogP contribution in [0.15, 0.2) is 18.2 Å². The molecule has 7 heteroatoms. The Morgan fingerprint density at radius 2 is 2.00 bits per heavy atom. The number of carbonyl (C=O) groups is 2. The lowest BCUT2D eigenvalue weighted by atomic mass is 10.1. The van der Waals surface area contributed by atoms with Crippen molar-refractivity contribution < 1.29 is 14.3 Å². The van der Waals surface area contributed by atoms with Crippen molar-refractivity contribution in [1.29, 1.82) is 0 Å². The van der Waals surface area contributed by atoms with Crippen molar-refractivity contribution in [3.63, 3.8) is 0 Å². The van der Waals surface area contributed by atoms with Gasteiger partial charge in [-0.1, -0.05) is 29.3 Å². The quantitative estimate of drug-likeness (QED) is 0.784. The van der Waals surface area contributed by atoms with E-state index in [0.29, 0.717) is 10.0 Å². The summed E-state index contributed by atoms with van der Waals surface area (Å²) in [5.74, 6) is -0.809. The van der Waals surface area contributed by atoms with Gasteiger partial charge < -0.3 is 15.4 Å². The standard InChI is InChI=1S/C14H18Cl2N2O3/c1-8(11-5-4-10(15)6-12(11)16)17-7-13(14(20)21-3)18-9(2)19/h4-6,8,13,17H,7H2,1-3H3,(H,18,19). The molecule has 2 unspecified atom stereocenters. The molecule has 0 radical (unpaired) electrons. The molecular weight excluding hydrogens is 315 g/mol. The average Bonchev–Trinajstić information content (AvgIpc) is 2.41. The van der Waals surface area contributed by atoms with Crippen LogP contribution in [0, 0.1) is 0 Å². The molecule has 0 bridgehead atoms. The molecule has 0 aromatic heterocycles. The Bertz CT molecular complexity index is 523. The van der Waals surface area contributed by atoms with Crippen molar-refractivity contribution in [2.45, 2.75) is 25.9 Å². The van der Waals surface area contributed by atoms with Crippen molar-refractivity contribution in [3.8, 4) is 0 Å². The van der Waals surface area contributed by atoms with Crippen LogP contribution >= 0.6 is 23.2 Å². The normalized spacial score (nSPS) is 13.4. The smallest absolute Gasteiger partial charge is 0.329 e. The summed E-state index contributed by atoms with van der Waals surface area (Å²) in [6.07, 6.45) is 0. The Morgan fingerprint density at radius 1 is 1.33 bits per heavy atom. The lowest BCUT2D eigenvalue weighted by Crippen LogP contribution is -2.47. The number of hydrogen-bond acceptors (Lipinski definition) is 4. The van der Waals surface area contributed by atoms with Crippen LogP contribution in [0.3, 0.4) is 0 Å². The van der Waals surface area contributed by atoms with Gasteiger partial charge in [-0.15, -0.1) is 0 Å². The predicted molar refractivity (Wildman–Crippen MR) is 82.5 cm³/mol. The summed E-state index contributed by atoms with van der Waals surface area (Å²) in [6.45, 7) is 3.47. The summed E-state index contributed by atoms with van der Waals surface area (Å²) >= 11 is 12.0. The summed E-state index contributed by atoms with van der Waals surface area (Å²) < 4.78 is 4.65. The van der Waals surface area contributed by atoms with Gasteiger partial charge in [0.1, 0.15) is 6.04 Å². The van der Waals surface area contributed by atoms with E-state index in [1.54, 1.807) is 12.1 Å². The molecule has 1 aromatic rings. The maximum Gasteiger partial charge on any atom is 0.329 e. The largest absolute Gasteiger partial charge is 0.467 e. The summed E-state index contributed by atoms with van der Waals surface area (Å²) in [5.41, 5.74) is 0.854. The molecule has 2 N–H and O–H groups in total. The minimum Gasteiger partial charge on any atom is -0.467 e. The molecule has 0 heterocycles. The lowest BCUT2D eigenvalue weighted by molar-refractivity contribution is -0.144. The second kappa shape index (κ2) is 8.22. The topological polar surface area (TPSA) is 67.4 Å². The molecule has 0 spiro atoms. The van der Waals surface area contributed by atoms with Crippen LogP contribution in [-0.4, -0.2) is 31.6 Å². The fourth-order valence-electron chi connectivity index (χ4n) is 1.84. The van der Waals surface area contributed by atoms with Crippen LogP contribution < -0.4 is 10.6 Å². The highest BCUT2D eigenvalue weighted by molar-refractivity contribution is 6.35. The zero-order valence-electron chi connectivity index (χ0n) is 12.1. The Balaban J connectivity index is 2.70. The highest BCUT2D eigenvalue weighted by atomic mass is 35.5. The van der Waals surface area contributed by atoms with Crippen LogP contribution in [0.25, 0.3) is 0 Å². The Labute approximate surface area is 133 Å². The van der Waals surface area contributed by atoms with Crippen LogP contribution in [-0.2, 0) is 14.3 Å². The first kappa shape index (κ1) is 17.8. The third-order valence-electron chi connectivity index (χ3n) is 2.92. The number of rotatable bonds is 6. The number of nitrogens with one attached hydrogen (secondary N) is 2. The van der Waals surface area contributed by atoms with Gasteiger partial charge in [0.2, 0.25) is 5.91 Å². The zero-order valence-corrected chi connectivity index (χ0v) is 13.6. The number of methoxy groups -OCH3 is 1. The van der Waals surface area contributed by atoms with Crippen LogP contribution in [0.4, 0.5) is 0 Å². The number of carbonyl (C=O) groups excluding carboxylic acids is 2.